The van der Waals surface area contributed by atoms with Crippen molar-refractivity contribution in [2.75, 3.05) is 13.2 Å². The first kappa shape index (κ1) is 54.6. The molecule has 8 atom stereocenters. The first-order chi connectivity index (χ1) is 28.3. The summed E-state index contributed by atoms with van der Waals surface area (Å²) in [7, 11) is 0. The molecule has 0 aromatic rings. The van der Waals surface area contributed by atoms with Gasteiger partial charge in [0.2, 0.25) is 5.91 Å². The molecule has 1 amide bonds. The Morgan fingerprint density at radius 2 is 1.02 bits per heavy atom. The molecule has 1 heterocycles. The number of unbranched alkanes of at least 4 members (excludes halogenated alkanes) is 25. The second-order valence-electron chi connectivity index (χ2n) is 17.0. The number of aliphatic hydroxyl groups is 6. The number of nitrogens with one attached hydrogen (secondary N) is 1. The lowest BCUT2D eigenvalue weighted by atomic mass is 9.99. The average Bonchev–Trinajstić information content (AvgIpc) is 3.22. The lowest BCUT2D eigenvalue weighted by Gasteiger charge is -2.40. The Balaban J connectivity index is 2.34. The Kier molecular flexibility index (Phi) is 36.3. The summed E-state index contributed by atoms with van der Waals surface area (Å²) < 4.78 is 11.2. The molecule has 10 heteroatoms. The number of amides is 1. The minimum Gasteiger partial charge on any atom is -0.394 e. The standard InChI is InChI=1S/C48H91NO9/c1-3-5-7-9-11-13-15-17-18-19-20-21-22-23-25-27-29-31-33-35-37-42(52)47(56)49-40(39-57-48-46(55)45(54)44(53)43(38-50)58-48)41(51)36-34-32-30-28-26-24-16-14-12-10-8-6-4-2/h12,14,24,26,40-46,48,50-55H,3-11,13,15-23,25,27-39H2,1-2H3,(H,49,56)/b14-12-,26-24+/t40-,41+,42+,43+,44+,45-,46+,48+/m0/s1. The van der Waals surface area contributed by atoms with Crippen molar-refractivity contribution >= 4 is 5.91 Å². The maximum Gasteiger partial charge on any atom is 0.249 e. The van der Waals surface area contributed by atoms with Crippen LogP contribution in [-0.4, -0.2) is 98.7 Å². The fourth-order valence-corrected chi connectivity index (χ4v) is 7.67. The van der Waals surface area contributed by atoms with E-state index in [-0.39, 0.29) is 6.61 Å². The summed E-state index contributed by atoms with van der Waals surface area (Å²) in [6.07, 6.45) is 35.2. The maximum atomic E-state index is 13.1. The number of carbonyl (C=O) groups is 1. The Labute approximate surface area is 354 Å². The third kappa shape index (κ3) is 28.2. The fourth-order valence-electron chi connectivity index (χ4n) is 7.67. The highest BCUT2D eigenvalue weighted by molar-refractivity contribution is 5.80. The third-order valence-electron chi connectivity index (χ3n) is 11.7. The van der Waals surface area contributed by atoms with Gasteiger partial charge in [-0.1, -0.05) is 192 Å². The average molecular weight is 826 g/mol. The van der Waals surface area contributed by atoms with Gasteiger partial charge in [0.1, 0.15) is 30.5 Å². The van der Waals surface area contributed by atoms with Crippen LogP contribution < -0.4 is 5.32 Å². The quantitative estimate of drug-likeness (QED) is 0.0235. The number of carbonyl (C=O) groups excluding carboxylic acids is 1. The zero-order valence-corrected chi connectivity index (χ0v) is 37.2. The van der Waals surface area contributed by atoms with Crippen molar-refractivity contribution in [3.05, 3.63) is 24.3 Å². The summed E-state index contributed by atoms with van der Waals surface area (Å²) in [6, 6.07) is -0.909. The molecule has 0 radical (unpaired) electrons. The first-order valence-corrected chi connectivity index (χ1v) is 24.1. The Morgan fingerprint density at radius 3 is 1.52 bits per heavy atom. The smallest absolute Gasteiger partial charge is 0.249 e. The third-order valence-corrected chi connectivity index (χ3v) is 11.7. The topological polar surface area (TPSA) is 169 Å². The van der Waals surface area contributed by atoms with Crippen LogP contribution in [0.15, 0.2) is 24.3 Å². The van der Waals surface area contributed by atoms with Crippen LogP contribution in [0.3, 0.4) is 0 Å². The molecule has 0 aromatic heterocycles. The number of aliphatic hydroxyl groups excluding tert-OH is 6. The molecule has 0 unspecified atom stereocenters. The van der Waals surface area contributed by atoms with E-state index in [1.807, 2.05) is 0 Å². The minimum absolute atomic E-state index is 0.268. The van der Waals surface area contributed by atoms with Crippen LogP contribution >= 0.6 is 0 Å². The van der Waals surface area contributed by atoms with E-state index >= 15 is 0 Å². The number of hydrogen-bond donors (Lipinski definition) is 7. The van der Waals surface area contributed by atoms with E-state index in [0.29, 0.717) is 12.8 Å². The molecule has 1 saturated heterocycles. The van der Waals surface area contributed by atoms with Gasteiger partial charge in [0.25, 0.3) is 0 Å². The van der Waals surface area contributed by atoms with Crippen LogP contribution in [0, 0.1) is 0 Å². The van der Waals surface area contributed by atoms with Gasteiger partial charge in [-0.05, 0) is 44.9 Å². The molecule has 1 aliphatic rings. The monoisotopic (exact) mass is 826 g/mol. The van der Waals surface area contributed by atoms with Crippen LogP contribution in [0.1, 0.15) is 213 Å². The summed E-state index contributed by atoms with van der Waals surface area (Å²) in [5.41, 5.74) is 0. The second kappa shape index (κ2) is 38.5. The number of allylic oxidation sites excluding steroid dienone is 4. The van der Waals surface area contributed by atoms with Gasteiger partial charge in [0.05, 0.1) is 25.4 Å². The van der Waals surface area contributed by atoms with E-state index in [1.54, 1.807) is 0 Å². The molecule has 0 aromatic carbocycles. The normalized spacial score (nSPS) is 21.6. The SMILES string of the molecule is CCCCC/C=C\C/C=C/CCCCC[C@@H](O)[C@H](CO[C@@H]1O[C@H](CO)[C@@H](O)[C@H](O)[C@H]1O)NC(=O)[C@H](O)CCCCCCCCCCCCCCCCCCCCCC. The van der Waals surface area contributed by atoms with E-state index in [1.165, 1.54) is 122 Å². The van der Waals surface area contributed by atoms with Gasteiger partial charge in [0, 0.05) is 0 Å². The highest BCUT2D eigenvalue weighted by Gasteiger charge is 2.44. The summed E-state index contributed by atoms with van der Waals surface area (Å²) in [4.78, 5) is 13.1. The summed E-state index contributed by atoms with van der Waals surface area (Å²) in [5.74, 6) is -0.594. The van der Waals surface area contributed by atoms with Crippen LogP contribution in [0.2, 0.25) is 0 Å². The van der Waals surface area contributed by atoms with E-state index in [4.69, 9.17) is 9.47 Å². The van der Waals surface area contributed by atoms with Crippen molar-refractivity contribution in [1.82, 2.24) is 5.32 Å². The van der Waals surface area contributed by atoms with E-state index in [9.17, 15) is 35.4 Å². The van der Waals surface area contributed by atoms with Gasteiger partial charge in [0.15, 0.2) is 6.29 Å². The van der Waals surface area contributed by atoms with Crippen LogP contribution in [-0.2, 0) is 14.3 Å². The van der Waals surface area contributed by atoms with Crippen molar-refractivity contribution in [2.24, 2.45) is 0 Å². The number of rotatable bonds is 40. The molecule has 342 valence electrons. The predicted octanol–water partition coefficient (Wildman–Crippen LogP) is 9.25. The van der Waals surface area contributed by atoms with Gasteiger partial charge >= 0.3 is 0 Å². The van der Waals surface area contributed by atoms with Gasteiger partial charge in [-0.15, -0.1) is 0 Å². The van der Waals surface area contributed by atoms with E-state index < -0.39 is 61.5 Å². The van der Waals surface area contributed by atoms with E-state index in [0.717, 1.165) is 64.2 Å². The van der Waals surface area contributed by atoms with Gasteiger partial charge in [-0.3, -0.25) is 4.79 Å². The zero-order chi connectivity index (χ0) is 42.5. The molecule has 58 heavy (non-hydrogen) atoms. The van der Waals surface area contributed by atoms with Crippen molar-refractivity contribution in [1.29, 1.82) is 0 Å². The summed E-state index contributed by atoms with van der Waals surface area (Å²) >= 11 is 0. The molecule has 10 nitrogen and oxygen atoms in total. The fraction of sp³-hybridized carbons (Fsp3) is 0.896. The maximum absolute atomic E-state index is 13.1. The van der Waals surface area contributed by atoms with Crippen molar-refractivity contribution in [3.63, 3.8) is 0 Å². The number of hydrogen-bond acceptors (Lipinski definition) is 9. The van der Waals surface area contributed by atoms with Crippen LogP contribution in [0.4, 0.5) is 0 Å². The molecule has 1 rings (SSSR count). The Hall–Kier alpha value is -1.37. The summed E-state index contributed by atoms with van der Waals surface area (Å²) in [6.45, 7) is 3.62. The Morgan fingerprint density at radius 1 is 0.586 bits per heavy atom. The van der Waals surface area contributed by atoms with Gasteiger partial charge in [-0.25, -0.2) is 0 Å². The lowest BCUT2D eigenvalue weighted by Crippen LogP contribution is -2.60. The Bertz CT molecular complexity index is 979. The van der Waals surface area contributed by atoms with Gasteiger partial charge < -0.3 is 45.4 Å². The first-order valence-electron chi connectivity index (χ1n) is 24.1. The molecule has 7 N–H and O–H groups in total. The molecular formula is C48H91NO9. The molecule has 0 saturated carbocycles. The highest BCUT2D eigenvalue weighted by Crippen LogP contribution is 2.23. The molecule has 0 bridgehead atoms. The molecule has 1 aliphatic heterocycles. The molecule has 0 aliphatic carbocycles. The highest BCUT2D eigenvalue weighted by atomic mass is 16.7. The molecule has 1 fully saturated rings. The van der Waals surface area contributed by atoms with Crippen molar-refractivity contribution < 1.29 is 44.9 Å². The predicted molar refractivity (Wildman–Crippen MR) is 236 cm³/mol. The largest absolute Gasteiger partial charge is 0.394 e. The van der Waals surface area contributed by atoms with E-state index in [2.05, 4.69) is 43.5 Å². The second-order valence-corrected chi connectivity index (χ2v) is 17.0. The van der Waals surface area contributed by atoms with Crippen molar-refractivity contribution in [2.45, 2.75) is 262 Å². The zero-order valence-electron chi connectivity index (χ0n) is 37.2. The van der Waals surface area contributed by atoms with Crippen molar-refractivity contribution in [3.8, 4) is 0 Å². The lowest BCUT2D eigenvalue weighted by molar-refractivity contribution is -0.302. The molecular weight excluding hydrogens is 735 g/mol. The number of ether oxygens (including phenoxy) is 2. The molecule has 0 spiro atoms. The minimum atomic E-state index is -1.60. The van der Waals surface area contributed by atoms with Crippen LogP contribution in [0.5, 0.6) is 0 Å². The van der Waals surface area contributed by atoms with Gasteiger partial charge in [-0.2, -0.15) is 0 Å². The summed E-state index contributed by atoms with van der Waals surface area (Å²) in [5, 5.41) is 64.8. The van der Waals surface area contributed by atoms with Crippen LogP contribution in [0.25, 0.3) is 0 Å².